The summed E-state index contributed by atoms with van der Waals surface area (Å²) >= 11 is 6.00. The van der Waals surface area contributed by atoms with Crippen molar-refractivity contribution >= 4 is 33.2 Å². The van der Waals surface area contributed by atoms with Crippen LogP contribution in [0.3, 0.4) is 0 Å². The maximum atomic E-state index is 13.4. The van der Waals surface area contributed by atoms with Gasteiger partial charge in [-0.25, -0.2) is 17.2 Å². The molecular weight excluding hydrogens is 446 g/mol. The van der Waals surface area contributed by atoms with Crippen LogP contribution in [0, 0.1) is 18.6 Å². The summed E-state index contributed by atoms with van der Waals surface area (Å²) in [7, 11) is -4.04. The zero-order valence-electron chi connectivity index (χ0n) is 16.5. The number of nitrogens with zero attached hydrogens (tertiary/aromatic N) is 1. The van der Waals surface area contributed by atoms with Crippen LogP contribution in [-0.4, -0.2) is 25.2 Å². The molecule has 0 aromatic heterocycles. The SMILES string of the molecule is Cc1ccc(S(=O)(=O)N(CC(=O)Nc2ccc(F)c(F)c2)Cc2cccc(Cl)c2)cc1. The van der Waals surface area contributed by atoms with E-state index < -0.39 is 34.1 Å². The van der Waals surface area contributed by atoms with Gasteiger partial charge in [-0.05, 0) is 48.9 Å². The van der Waals surface area contributed by atoms with E-state index in [1.165, 1.54) is 18.2 Å². The molecule has 0 saturated heterocycles. The Morgan fingerprint density at radius 3 is 2.35 bits per heavy atom. The first-order valence-electron chi connectivity index (χ1n) is 9.21. The molecule has 0 aliphatic rings. The zero-order chi connectivity index (χ0) is 22.6. The van der Waals surface area contributed by atoms with Crippen molar-refractivity contribution in [1.82, 2.24) is 4.31 Å². The molecule has 0 saturated carbocycles. The van der Waals surface area contributed by atoms with Gasteiger partial charge in [0, 0.05) is 23.3 Å². The molecule has 0 aliphatic heterocycles. The molecule has 0 aliphatic carbocycles. The lowest BCUT2D eigenvalue weighted by Crippen LogP contribution is -2.37. The van der Waals surface area contributed by atoms with Crippen molar-refractivity contribution in [2.45, 2.75) is 18.4 Å². The highest BCUT2D eigenvalue weighted by atomic mass is 35.5. The van der Waals surface area contributed by atoms with Crippen LogP contribution in [0.25, 0.3) is 0 Å². The Morgan fingerprint density at radius 1 is 1.00 bits per heavy atom. The number of hydrogen-bond donors (Lipinski definition) is 1. The van der Waals surface area contributed by atoms with Crippen molar-refractivity contribution in [1.29, 1.82) is 0 Å². The van der Waals surface area contributed by atoms with E-state index in [1.54, 1.807) is 36.4 Å². The highest BCUT2D eigenvalue weighted by Gasteiger charge is 2.27. The van der Waals surface area contributed by atoms with E-state index in [-0.39, 0.29) is 17.1 Å². The molecular formula is C22H19ClF2N2O3S. The summed E-state index contributed by atoms with van der Waals surface area (Å²) in [6.45, 7) is 1.18. The summed E-state index contributed by atoms with van der Waals surface area (Å²) in [5, 5.41) is 2.82. The van der Waals surface area contributed by atoms with Gasteiger partial charge in [0.15, 0.2) is 11.6 Å². The lowest BCUT2D eigenvalue weighted by molar-refractivity contribution is -0.116. The van der Waals surface area contributed by atoms with E-state index in [2.05, 4.69) is 5.32 Å². The quantitative estimate of drug-likeness (QED) is 0.548. The number of carbonyl (C=O) groups is 1. The fourth-order valence-electron chi connectivity index (χ4n) is 2.86. The van der Waals surface area contributed by atoms with Gasteiger partial charge in [-0.3, -0.25) is 4.79 Å². The molecule has 0 fully saturated rings. The van der Waals surface area contributed by atoms with Crippen LogP contribution in [-0.2, 0) is 21.4 Å². The molecule has 0 heterocycles. The number of carbonyl (C=O) groups excluding carboxylic acids is 1. The molecule has 5 nitrogen and oxygen atoms in total. The predicted molar refractivity (Wildman–Crippen MR) is 115 cm³/mol. The second kappa shape index (κ2) is 9.55. The molecule has 9 heteroatoms. The molecule has 31 heavy (non-hydrogen) atoms. The topological polar surface area (TPSA) is 66.5 Å². The van der Waals surface area contributed by atoms with Crippen LogP contribution in [0.4, 0.5) is 14.5 Å². The summed E-state index contributed by atoms with van der Waals surface area (Å²) < 4.78 is 54.0. The van der Waals surface area contributed by atoms with Crippen LogP contribution in [0.1, 0.15) is 11.1 Å². The smallest absolute Gasteiger partial charge is 0.243 e. The molecule has 0 atom stereocenters. The number of anilines is 1. The van der Waals surface area contributed by atoms with Crippen molar-refractivity contribution < 1.29 is 22.0 Å². The van der Waals surface area contributed by atoms with Crippen LogP contribution in [0.2, 0.25) is 5.02 Å². The molecule has 1 N–H and O–H groups in total. The minimum absolute atomic E-state index is 0.0133. The van der Waals surface area contributed by atoms with Gasteiger partial charge in [0.25, 0.3) is 0 Å². The average molecular weight is 465 g/mol. The third kappa shape index (κ3) is 5.88. The fraction of sp³-hybridized carbons (Fsp3) is 0.136. The van der Waals surface area contributed by atoms with Gasteiger partial charge in [-0.1, -0.05) is 41.4 Å². The third-order valence-corrected chi connectivity index (χ3v) is 6.47. The molecule has 3 aromatic rings. The highest BCUT2D eigenvalue weighted by Crippen LogP contribution is 2.21. The Morgan fingerprint density at radius 2 is 1.71 bits per heavy atom. The maximum Gasteiger partial charge on any atom is 0.243 e. The summed E-state index contributed by atoms with van der Waals surface area (Å²) in [5.74, 6) is -2.88. The van der Waals surface area contributed by atoms with E-state index in [9.17, 15) is 22.0 Å². The number of benzene rings is 3. The van der Waals surface area contributed by atoms with Crippen molar-refractivity contribution in [3.8, 4) is 0 Å². The van der Waals surface area contributed by atoms with E-state index in [0.29, 0.717) is 10.6 Å². The summed E-state index contributed by atoms with van der Waals surface area (Å²) in [6.07, 6.45) is 0. The standard InChI is InChI=1S/C22H19ClF2N2O3S/c1-15-5-8-19(9-6-15)31(29,30)27(13-16-3-2-4-17(23)11-16)14-22(28)26-18-7-10-20(24)21(25)12-18/h2-12H,13-14H2,1H3,(H,26,28). The van der Waals surface area contributed by atoms with Gasteiger partial charge in [-0.2, -0.15) is 4.31 Å². The largest absolute Gasteiger partial charge is 0.325 e. The molecule has 0 spiro atoms. The monoisotopic (exact) mass is 464 g/mol. The van der Waals surface area contributed by atoms with Crippen molar-refractivity contribution in [3.05, 3.63) is 94.5 Å². The number of halogens is 3. The fourth-order valence-corrected chi connectivity index (χ4v) is 4.46. The molecule has 0 bridgehead atoms. The first kappa shape index (κ1) is 22.9. The molecule has 0 unspecified atom stereocenters. The first-order chi connectivity index (χ1) is 14.6. The van der Waals surface area contributed by atoms with E-state index >= 15 is 0 Å². The van der Waals surface area contributed by atoms with Crippen molar-refractivity contribution in [2.75, 3.05) is 11.9 Å². The second-order valence-electron chi connectivity index (χ2n) is 6.89. The van der Waals surface area contributed by atoms with Crippen LogP contribution >= 0.6 is 11.6 Å². The molecule has 3 aromatic carbocycles. The van der Waals surface area contributed by atoms with Gasteiger partial charge < -0.3 is 5.32 Å². The Bertz CT molecular complexity index is 1200. The van der Waals surface area contributed by atoms with Crippen molar-refractivity contribution in [2.24, 2.45) is 0 Å². The van der Waals surface area contributed by atoms with E-state index in [4.69, 9.17) is 11.6 Å². The maximum absolute atomic E-state index is 13.4. The van der Waals surface area contributed by atoms with E-state index in [0.717, 1.165) is 22.0 Å². The number of aryl methyl sites for hydroxylation is 1. The second-order valence-corrected chi connectivity index (χ2v) is 9.27. The van der Waals surface area contributed by atoms with Gasteiger partial charge in [0.2, 0.25) is 15.9 Å². The normalized spacial score (nSPS) is 11.5. The molecule has 162 valence electrons. The average Bonchev–Trinajstić information content (AvgIpc) is 2.70. The van der Waals surface area contributed by atoms with Gasteiger partial charge in [0.05, 0.1) is 11.4 Å². The number of sulfonamides is 1. The van der Waals surface area contributed by atoms with Crippen LogP contribution < -0.4 is 5.32 Å². The minimum Gasteiger partial charge on any atom is -0.325 e. The van der Waals surface area contributed by atoms with Crippen LogP contribution in [0.15, 0.2) is 71.6 Å². The first-order valence-corrected chi connectivity index (χ1v) is 11.0. The number of nitrogens with one attached hydrogen (secondary N) is 1. The predicted octanol–water partition coefficient (Wildman–Crippen LogP) is 4.76. The zero-order valence-corrected chi connectivity index (χ0v) is 18.1. The van der Waals surface area contributed by atoms with Gasteiger partial charge in [-0.15, -0.1) is 0 Å². The Hall–Kier alpha value is -2.81. The summed E-state index contributed by atoms with van der Waals surface area (Å²) in [4.78, 5) is 12.6. The minimum atomic E-state index is -4.04. The molecule has 3 rings (SSSR count). The Balaban J connectivity index is 1.88. The van der Waals surface area contributed by atoms with Crippen molar-refractivity contribution in [3.63, 3.8) is 0 Å². The summed E-state index contributed by atoms with van der Waals surface area (Å²) in [5.41, 5.74) is 1.49. The third-order valence-electron chi connectivity index (χ3n) is 4.43. The lowest BCUT2D eigenvalue weighted by Gasteiger charge is -2.22. The lowest BCUT2D eigenvalue weighted by atomic mass is 10.2. The number of rotatable bonds is 7. The number of amides is 1. The van der Waals surface area contributed by atoms with Crippen LogP contribution in [0.5, 0.6) is 0 Å². The number of hydrogen-bond acceptors (Lipinski definition) is 3. The Kier molecular flexibility index (Phi) is 7.04. The van der Waals surface area contributed by atoms with E-state index in [1.807, 2.05) is 6.92 Å². The summed E-state index contributed by atoms with van der Waals surface area (Å²) in [6, 6.07) is 15.7. The Labute approximate surface area is 184 Å². The van der Waals surface area contributed by atoms with Gasteiger partial charge >= 0.3 is 0 Å². The molecule has 0 radical (unpaired) electrons. The van der Waals surface area contributed by atoms with Gasteiger partial charge in [0.1, 0.15) is 0 Å². The highest BCUT2D eigenvalue weighted by molar-refractivity contribution is 7.89. The molecule has 1 amide bonds.